The lowest BCUT2D eigenvalue weighted by molar-refractivity contribution is -0.124. The molecule has 0 fully saturated rings. The summed E-state index contributed by atoms with van der Waals surface area (Å²) in [5, 5.41) is 11.9. The van der Waals surface area contributed by atoms with Crippen LogP contribution in [0.5, 0.6) is 11.5 Å². The normalized spacial score (nSPS) is 15.7. The van der Waals surface area contributed by atoms with Crippen LogP contribution in [0, 0.1) is 0 Å². The minimum absolute atomic E-state index is 0.0417. The van der Waals surface area contributed by atoms with Gasteiger partial charge in [0.05, 0.1) is 14.2 Å². The number of benzene rings is 2. The van der Waals surface area contributed by atoms with E-state index in [1.807, 2.05) is 53.1 Å². The molecule has 2 aromatic carbocycles. The molecule has 0 spiro atoms. The molecule has 3 aromatic rings. The SMILES string of the molecule is COc1ccc(OC)c(CNC(=O)C2CCCCc3nnc(-c4ccccc4)n32)c1. The van der Waals surface area contributed by atoms with Crippen molar-refractivity contribution in [1.29, 1.82) is 0 Å². The number of rotatable bonds is 6. The molecule has 4 rings (SSSR count). The fourth-order valence-electron chi connectivity index (χ4n) is 3.92. The Balaban J connectivity index is 1.59. The van der Waals surface area contributed by atoms with E-state index in [1.54, 1.807) is 14.2 Å². The summed E-state index contributed by atoms with van der Waals surface area (Å²) in [5.74, 6) is 3.01. The van der Waals surface area contributed by atoms with E-state index in [0.29, 0.717) is 12.3 Å². The van der Waals surface area contributed by atoms with Crippen molar-refractivity contribution in [3.05, 3.63) is 59.9 Å². The molecule has 1 amide bonds. The number of carbonyl (C=O) groups excluding carboxylic acids is 1. The molecule has 1 aromatic heterocycles. The fraction of sp³-hybridized carbons (Fsp3) is 0.348. The average Bonchev–Trinajstić information content (AvgIpc) is 3.09. The molecule has 0 aliphatic carbocycles. The van der Waals surface area contributed by atoms with E-state index in [1.165, 1.54) is 0 Å². The highest BCUT2D eigenvalue weighted by Crippen LogP contribution is 2.30. The number of nitrogens with zero attached hydrogens (tertiary/aromatic N) is 3. The van der Waals surface area contributed by atoms with Gasteiger partial charge < -0.3 is 14.8 Å². The number of hydrogen-bond acceptors (Lipinski definition) is 5. The van der Waals surface area contributed by atoms with Crippen molar-refractivity contribution < 1.29 is 14.3 Å². The van der Waals surface area contributed by atoms with Gasteiger partial charge in [0.25, 0.3) is 0 Å². The van der Waals surface area contributed by atoms with Gasteiger partial charge in [-0.15, -0.1) is 10.2 Å². The largest absolute Gasteiger partial charge is 0.497 e. The minimum atomic E-state index is -0.343. The van der Waals surface area contributed by atoms with E-state index in [9.17, 15) is 4.79 Å². The van der Waals surface area contributed by atoms with Crippen LogP contribution in [0.1, 0.15) is 36.7 Å². The van der Waals surface area contributed by atoms with Crippen molar-refractivity contribution in [3.8, 4) is 22.9 Å². The van der Waals surface area contributed by atoms with Crippen LogP contribution in [0.3, 0.4) is 0 Å². The van der Waals surface area contributed by atoms with Gasteiger partial charge in [0, 0.05) is 24.1 Å². The number of hydrogen-bond donors (Lipinski definition) is 1. The zero-order chi connectivity index (χ0) is 20.9. The van der Waals surface area contributed by atoms with Gasteiger partial charge in [0.1, 0.15) is 23.4 Å². The third kappa shape index (κ3) is 4.01. The van der Waals surface area contributed by atoms with Crippen LogP contribution >= 0.6 is 0 Å². The van der Waals surface area contributed by atoms with E-state index in [4.69, 9.17) is 9.47 Å². The monoisotopic (exact) mass is 406 g/mol. The summed E-state index contributed by atoms with van der Waals surface area (Å²) in [4.78, 5) is 13.3. The van der Waals surface area contributed by atoms with Gasteiger partial charge >= 0.3 is 0 Å². The summed E-state index contributed by atoms with van der Waals surface area (Å²) in [6.45, 7) is 0.355. The van der Waals surface area contributed by atoms with E-state index < -0.39 is 0 Å². The molecule has 1 unspecified atom stereocenters. The van der Waals surface area contributed by atoms with Crippen LogP contribution in [0.4, 0.5) is 0 Å². The number of methoxy groups -OCH3 is 2. The molecule has 1 N–H and O–H groups in total. The number of aryl methyl sites for hydroxylation is 1. The van der Waals surface area contributed by atoms with Gasteiger partial charge in [-0.2, -0.15) is 0 Å². The highest BCUT2D eigenvalue weighted by Gasteiger charge is 2.29. The summed E-state index contributed by atoms with van der Waals surface area (Å²) in [6, 6.07) is 15.1. The molecule has 1 atom stereocenters. The van der Waals surface area contributed by atoms with Crippen molar-refractivity contribution in [2.45, 2.75) is 38.3 Å². The van der Waals surface area contributed by atoms with Gasteiger partial charge in [-0.25, -0.2) is 0 Å². The third-order valence-corrected chi connectivity index (χ3v) is 5.48. The maximum Gasteiger partial charge on any atom is 0.243 e. The van der Waals surface area contributed by atoms with Crippen molar-refractivity contribution in [2.75, 3.05) is 14.2 Å². The lowest BCUT2D eigenvalue weighted by atomic mass is 10.1. The summed E-state index contributed by atoms with van der Waals surface area (Å²) in [5.41, 5.74) is 1.83. The van der Waals surface area contributed by atoms with Gasteiger partial charge in [-0.3, -0.25) is 9.36 Å². The molecule has 0 saturated heterocycles. The Morgan fingerprint density at radius 3 is 2.70 bits per heavy atom. The first-order valence-corrected chi connectivity index (χ1v) is 10.2. The van der Waals surface area contributed by atoms with Crippen molar-refractivity contribution >= 4 is 5.91 Å². The molecule has 1 aliphatic heterocycles. The van der Waals surface area contributed by atoms with Crippen molar-refractivity contribution in [2.24, 2.45) is 0 Å². The predicted molar refractivity (Wildman–Crippen MR) is 113 cm³/mol. The molecular weight excluding hydrogens is 380 g/mol. The van der Waals surface area contributed by atoms with Gasteiger partial charge in [0.15, 0.2) is 5.82 Å². The lowest BCUT2D eigenvalue weighted by Crippen LogP contribution is -2.33. The summed E-state index contributed by atoms with van der Waals surface area (Å²) >= 11 is 0. The Bertz CT molecular complexity index is 1020. The highest BCUT2D eigenvalue weighted by atomic mass is 16.5. The van der Waals surface area contributed by atoms with Gasteiger partial charge in [-0.1, -0.05) is 36.8 Å². The first kappa shape index (κ1) is 19.9. The molecule has 0 radical (unpaired) electrons. The number of aromatic nitrogens is 3. The first-order chi connectivity index (χ1) is 14.7. The molecule has 7 nitrogen and oxygen atoms in total. The van der Waals surface area contributed by atoms with E-state index in [0.717, 1.165) is 54.2 Å². The zero-order valence-electron chi connectivity index (χ0n) is 17.3. The van der Waals surface area contributed by atoms with Gasteiger partial charge in [-0.05, 0) is 31.0 Å². The van der Waals surface area contributed by atoms with Crippen LogP contribution in [0.2, 0.25) is 0 Å². The molecule has 156 valence electrons. The van der Waals surface area contributed by atoms with Crippen molar-refractivity contribution in [3.63, 3.8) is 0 Å². The van der Waals surface area contributed by atoms with Crippen LogP contribution < -0.4 is 14.8 Å². The quantitative estimate of drug-likeness (QED) is 0.677. The Kier molecular flexibility index (Phi) is 5.97. The summed E-state index contributed by atoms with van der Waals surface area (Å²) in [7, 11) is 3.24. The number of ether oxygens (including phenoxy) is 2. The Labute approximate surface area is 176 Å². The average molecular weight is 406 g/mol. The van der Waals surface area contributed by atoms with E-state index in [-0.39, 0.29) is 11.9 Å². The summed E-state index contributed by atoms with van der Waals surface area (Å²) < 4.78 is 12.8. The predicted octanol–water partition coefficient (Wildman–Crippen LogP) is 3.55. The third-order valence-electron chi connectivity index (χ3n) is 5.48. The van der Waals surface area contributed by atoms with Crippen molar-refractivity contribution in [1.82, 2.24) is 20.1 Å². The number of nitrogens with one attached hydrogen (secondary N) is 1. The minimum Gasteiger partial charge on any atom is -0.497 e. The Hall–Kier alpha value is -3.35. The smallest absolute Gasteiger partial charge is 0.243 e. The van der Waals surface area contributed by atoms with E-state index >= 15 is 0 Å². The number of carbonyl (C=O) groups is 1. The van der Waals surface area contributed by atoms with Gasteiger partial charge in [0.2, 0.25) is 5.91 Å². The lowest BCUT2D eigenvalue weighted by Gasteiger charge is -2.20. The number of amides is 1. The fourth-order valence-corrected chi connectivity index (χ4v) is 3.92. The molecule has 0 saturated carbocycles. The van der Waals surface area contributed by atoms with E-state index in [2.05, 4.69) is 15.5 Å². The summed E-state index contributed by atoms with van der Waals surface area (Å²) in [6.07, 6.45) is 3.55. The molecule has 0 bridgehead atoms. The molecule has 1 aliphatic rings. The number of fused-ring (bicyclic) bond motifs is 1. The van der Waals surface area contributed by atoms with Crippen LogP contribution in [-0.2, 0) is 17.8 Å². The molecular formula is C23H26N4O3. The second kappa shape index (κ2) is 8.98. The molecule has 30 heavy (non-hydrogen) atoms. The maximum absolute atomic E-state index is 13.3. The second-order valence-electron chi connectivity index (χ2n) is 7.33. The first-order valence-electron chi connectivity index (χ1n) is 10.2. The van der Waals surface area contributed by atoms with Crippen LogP contribution in [0.25, 0.3) is 11.4 Å². The zero-order valence-corrected chi connectivity index (χ0v) is 17.3. The molecule has 7 heteroatoms. The van der Waals surface area contributed by atoms with Crippen LogP contribution in [-0.4, -0.2) is 34.9 Å². The Morgan fingerprint density at radius 2 is 1.93 bits per heavy atom. The molecule has 2 heterocycles. The highest BCUT2D eigenvalue weighted by molar-refractivity contribution is 5.81. The standard InChI is InChI=1S/C23H26N4O3/c1-29-18-12-13-20(30-2)17(14-18)15-24-23(28)19-10-6-7-11-21-25-26-22(27(19)21)16-8-4-3-5-9-16/h3-5,8-9,12-14,19H,6-7,10-11,15H2,1-2H3,(H,24,28). The van der Waals surface area contributed by atoms with Crippen LogP contribution in [0.15, 0.2) is 48.5 Å². The topological polar surface area (TPSA) is 78.3 Å². The maximum atomic E-state index is 13.3. The Morgan fingerprint density at radius 1 is 1.10 bits per heavy atom. The second-order valence-corrected chi connectivity index (χ2v) is 7.33.